The van der Waals surface area contributed by atoms with E-state index in [1.807, 2.05) is 18.2 Å². The van der Waals surface area contributed by atoms with Gasteiger partial charge in [-0.15, -0.1) is 11.3 Å². The second-order valence-corrected chi connectivity index (χ2v) is 7.39. The average Bonchev–Trinajstić information content (AvgIpc) is 3.00. The Kier molecular flexibility index (Phi) is 4.83. The number of hydrogen-bond acceptors (Lipinski definition) is 2. The van der Waals surface area contributed by atoms with E-state index in [2.05, 4.69) is 41.1 Å². The van der Waals surface area contributed by atoms with Crippen LogP contribution in [0.15, 0.2) is 53.0 Å². The van der Waals surface area contributed by atoms with Crippen molar-refractivity contribution in [1.82, 2.24) is 0 Å². The van der Waals surface area contributed by atoms with E-state index in [1.165, 1.54) is 28.1 Å². The molecule has 0 saturated carbocycles. The summed E-state index contributed by atoms with van der Waals surface area (Å²) in [5.74, 6) is 0.647. The van der Waals surface area contributed by atoms with Gasteiger partial charge in [-0.1, -0.05) is 12.1 Å². The summed E-state index contributed by atoms with van der Waals surface area (Å²) in [7, 11) is 1.67. The van der Waals surface area contributed by atoms with E-state index in [-0.39, 0.29) is 5.82 Å². The van der Waals surface area contributed by atoms with Crippen molar-refractivity contribution >= 4 is 27.3 Å². The van der Waals surface area contributed by atoms with Crippen LogP contribution in [0.4, 0.5) is 4.39 Å². The van der Waals surface area contributed by atoms with Crippen LogP contribution >= 0.6 is 27.3 Å². The fourth-order valence-corrected chi connectivity index (χ4v) is 4.06. The molecule has 0 radical (unpaired) electrons. The van der Waals surface area contributed by atoms with Gasteiger partial charge in [0, 0.05) is 16.2 Å². The Labute approximate surface area is 147 Å². The van der Waals surface area contributed by atoms with Gasteiger partial charge in [-0.05, 0) is 75.9 Å². The fourth-order valence-electron chi connectivity index (χ4n) is 2.47. The van der Waals surface area contributed by atoms with Gasteiger partial charge >= 0.3 is 0 Å². The Morgan fingerprint density at radius 3 is 2.52 bits per heavy atom. The van der Waals surface area contributed by atoms with Crippen LogP contribution in [-0.2, 0) is 6.42 Å². The van der Waals surface area contributed by atoms with Gasteiger partial charge < -0.3 is 4.74 Å². The maximum absolute atomic E-state index is 13.0. The highest BCUT2D eigenvalue weighted by Gasteiger charge is 2.09. The molecule has 0 bridgehead atoms. The zero-order chi connectivity index (χ0) is 16.4. The lowest BCUT2D eigenvalue weighted by atomic mass is 10.0. The standard InChI is InChI=1S/C19H16BrFOS/c1-12-9-18(22-2)17(20)11-14(12)10-16-7-8-19(23-16)13-3-5-15(21)6-4-13/h3-9,11H,10H2,1-2H3. The predicted molar refractivity (Wildman–Crippen MR) is 98.0 cm³/mol. The highest BCUT2D eigenvalue weighted by Crippen LogP contribution is 2.33. The minimum atomic E-state index is -0.204. The quantitative estimate of drug-likeness (QED) is 0.513. The Balaban J connectivity index is 1.84. The van der Waals surface area contributed by atoms with E-state index in [9.17, 15) is 4.39 Å². The molecule has 3 aromatic rings. The number of aryl methyl sites for hydroxylation is 1. The molecule has 0 aliphatic rings. The summed E-state index contributed by atoms with van der Waals surface area (Å²) in [6.45, 7) is 2.10. The van der Waals surface area contributed by atoms with E-state index < -0.39 is 0 Å². The minimum absolute atomic E-state index is 0.204. The monoisotopic (exact) mass is 390 g/mol. The topological polar surface area (TPSA) is 9.23 Å². The average molecular weight is 391 g/mol. The maximum atomic E-state index is 13.0. The molecule has 4 heteroatoms. The van der Waals surface area contributed by atoms with Crippen molar-refractivity contribution < 1.29 is 9.13 Å². The lowest BCUT2D eigenvalue weighted by Gasteiger charge is -2.09. The van der Waals surface area contributed by atoms with Crippen LogP contribution in [0.1, 0.15) is 16.0 Å². The largest absolute Gasteiger partial charge is 0.496 e. The van der Waals surface area contributed by atoms with E-state index in [4.69, 9.17) is 4.74 Å². The van der Waals surface area contributed by atoms with Crippen LogP contribution in [0.2, 0.25) is 0 Å². The lowest BCUT2D eigenvalue weighted by molar-refractivity contribution is 0.411. The Morgan fingerprint density at radius 1 is 1.09 bits per heavy atom. The molecule has 0 N–H and O–H groups in total. The first-order valence-electron chi connectivity index (χ1n) is 7.24. The first-order valence-corrected chi connectivity index (χ1v) is 8.85. The van der Waals surface area contributed by atoms with Crippen LogP contribution in [0.25, 0.3) is 10.4 Å². The Bertz CT molecular complexity index is 824. The third-order valence-corrected chi connectivity index (χ3v) is 5.52. The molecule has 1 heterocycles. The number of rotatable bonds is 4. The molecule has 0 aliphatic heterocycles. The second-order valence-electron chi connectivity index (χ2n) is 5.36. The van der Waals surface area contributed by atoms with Crippen molar-refractivity contribution in [2.24, 2.45) is 0 Å². The van der Waals surface area contributed by atoms with E-state index in [1.54, 1.807) is 18.4 Å². The van der Waals surface area contributed by atoms with Gasteiger partial charge in [0.25, 0.3) is 0 Å². The van der Waals surface area contributed by atoms with Crippen molar-refractivity contribution in [3.8, 4) is 16.2 Å². The molecule has 23 heavy (non-hydrogen) atoms. The number of benzene rings is 2. The van der Waals surface area contributed by atoms with Gasteiger partial charge in [0.2, 0.25) is 0 Å². The molecule has 3 rings (SSSR count). The molecule has 0 unspecified atom stereocenters. The maximum Gasteiger partial charge on any atom is 0.133 e. The van der Waals surface area contributed by atoms with E-state index in [0.717, 1.165) is 27.1 Å². The summed E-state index contributed by atoms with van der Waals surface area (Å²) in [5, 5.41) is 0. The molecule has 0 fully saturated rings. The first-order chi connectivity index (χ1) is 11.1. The molecule has 0 saturated heterocycles. The summed E-state index contributed by atoms with van der Waals surface area (Å²) in [6.07, 6.45) is 0.875. The molecule has 0 aliphatic carbocycles. The Morgan fingerprint density at radius 2 is 1.83 bits per heavy atom. The molecule has 0 atom stereocenters. The third-order valence-electron chi connectivity index (χ3n) is 3.77. The molecule has 0 amide bonds. The predicted octanol–water partition coefficient (Wildman–Crippen LogP) is 6.22. The zero-order valence-corrected chi connectivity index (χ0v) is 15.3. The highest BCUT2D eigenvalue weighted by molar-refractivity contribution is 9.10. The normalized spacial score (nSPS) is 10.8. The van der Waals surface area contributed by atoms with E-state index >= 15 is 0 Å². The summed E-state index contributed by atoms with van der Waals surface area (Å²) in [5.41, 5.74) is 3.53. The fraction of sp³-hybridized carbons (Fsp3) is 0.158. The number of thiophene rings is 1. The van der Waals surface area contributed by atoms with Crippen LogP contribution in [-0.4, -0.2) is 7.11 Å². The number of halogens is 2. The summed E-state index contributed by atoms with van der Waals surface area (Å²) >= 11 is 5.29. The molecular formula is C19H16BrFOS. The van der Waals surface area contributed by atoms with Gasteiger partial charge in [-0.2, -0.15) is 0 Å². The second kappa shape index (κ2) is 6.85. The molecule has 1 nitrogen and oxygen atoms in total. The van der Waals surface area contributed by atoms with Crippen LogP contribution in [0, 0.1) is 12.7 Å². The summed E-state index contributed by atoms with van der Waals surface area (Å²) in [4.78, 5) is 2.44. The Hall–Kier alpha value is -1.65. The van der Waals surface area contributed by atoms with Crippen molar-refractivity contribution in [3.63, 3.8) is 0 Å². The summed E-state index contributed by atoms with van der Waals surface area (Å²) < 4.78 is 19.3. The van der Waals surface area contributed by atoms with Crippen LogP contribution < -0.4 is 4.74 Å². The van der Waals surface area contributed by atoms with Gasteiger partial charge in [0.05, 0.1) is 11.6 Å². The van der Waals surface area contributed by atoms with Gasteiger partial charge in [0.15, 0.2) is 0 Å². The molecular weight excluding hydrogens is 375 g/mol. The highest BCUT2D eigenvalue weighted by atomic mass is 79.9. The van der Waals surface area contributed by atoms with Crippen LogP contribution in [0.3, 0.4) is 0 Å². The van der Waals surface area contributed by atoms with Crippen LogP contribution in [0.5, 0.6) is 5.75 Å². The first kappa shape index (κ1) is 16.2. The van der Waals surface area contributed by atoms with Crippen molar-refractivity contribution in [3.05, 3.63) is 74.8 Å². The molecule has 2 aromatic carbocycles. The minimum Gasteiger partial charge on any atom is -0.496 e. The number of ether oxygens (including phenoxy) is 1. The van der Waals surface area contributed by atoms with Crippen molar-refractivity contribution in [2.45, 2.75) is 13.3 Å². The third kappa shape index (κ3) is 3.65. The van der Waals surface area contributed by atoms with Crippen molar-refractivity contribution in [2.75, 3.05) is 7.11 Å². The SMILES string of the molecule is COc1cc(C)c(Cc2ccc(-c3ccc(F)cc3)s2)cc1Br. The smallest absolute Gasteiger partial charge is 0.133 e. The summed E-state index contributed by atoms with van der Waals surface area (Å²) in [6, 6.07) is 15.0. The van der Waals surface area contributed by atoms with Gasteiger partial charge in [-0.3, -0.25) is 0 Å². The molecule has 1 aromatic heterocycles. The van der Waals surface area contributed by atoms with Crippen molar-refractivity contribution in [1.29, 1.82) is 0 Å². The lowest BCUT2D eigenvalue weighted by Crippen LogP contribution is -1.93. The number of methoxy groups -OCH3 is 1. The zero-order valence-electron chi connectivity index (χ0n) is 12.9. The number of hydrogen-bond donors (Lipinski definition) is 0. The van der Waals surface area contributed by atoms with Gasteiger partial charge in [0.1, 0.15) is 11.6 Å². The van der Waals surface area contributed by atoms with E-state index in [0.29, 0.717) is 0 Å². The molecule has 0 spiro atoms. The molecule has 118 valence electrons. The van der Waals surface area contributed by atoms with Gasteiger partial charge in [-0.25, -0.2) is 4.39 Å².